The predicted molar refractivity (Wildman–Crippen MR) is 66.7 cm³/mol. The van der Waals surface area contributed by atoms with Gasteiger partial charge in [0.05, 0.1) is 11.5 Å². The molecule has 0 aliphatic rings. The van der Waals surface area contributed by atoms with Gasteiger partial charge in [0.25, 0.3) is 0 Å². The van der Waals surface area contributed by atoms with Gasteiger partial charge in [-0.05, 0) is 23.4 Å². The summed E-state index contributed by atoms with van der Waals surface area (Å²) in [6.07, 6.45) is 0. The number of nitro groups is 1. The second-order valence-corrected chi connectivity index (χ2v) is 4.76. The molecular formula is C10H9ClF3NO3S. The zero-order valence-electron chi connectivity index (χ0n) is 9.45. The second kappa shape index (κ2) is 6.85. The monoisotopic (exact) mass is 315 g/mol. The summed E-state index contributed by atoms with van der Waals surface area (Å²) in [7, 11) is 0. The summed E-state index contributed by atoms with van der Waals surface area (Å²) in [5.41, 5.74) is -4.11. The number of rotatable bonds is 6. The van der Waals surface area contributed by atoms with Crippen LogP contribution in [0.25, 0.3) is 0 Å². The molecule has 0 fully saturated rings. The lowest BCUT2D eigenvalue weighted by Crippen LogP contribution is -2.08. The molecule has 0 bridgehead atoms. The number of hydrogen-bond acceptors (Lipinski definition) is 4. The lowest BCUT2D eigenvalue weighted by Gasteiger charge is -2.08. The van der Waals surface area contributed by atoms with E-state index in [1.807, 2.05) is 0 Å². The van der Waals surface area contributed by atoms with Gasteiger partial charge in [-0.1, -0.05) is 6.07 Å². The largest absolute Gasteiger partial charge is 0.486 e. The first kappa shape index (κ1) is 15.9. The van der Waals surface area contributed by atoms with Crippen molar-refractivity contribution in [3.8, 4) is 5.75 Å². The number of halogens is 4. The highest BCUT2D eigenvalue weighted by atomic mass is 35.5. The van der Waals surface area contributed by atoms with Crippen molar-refractivity contribution < 1.29 is 22.8 Å². The Hall–Kier alpha value is -1.15. The molecule has 1 rings (SSSR count). The molecule has 19 heavy (non-hydrogen) atoms. The standard InChI is InChI=1S/C10H9ClF3NO3S/c11-6-7-1-2-9(8(5-7)15(16)17)18-3-4-19-10(12,13)14/h1-2,5H,3-4,6H2. The van der Waals surface area contributed by atoms with Gasteiger partial charge in [-0.3, -0.25) is 10.1 Å². The van der Waals surface area contributed by atoms with Crippen LogP contribution < -0.4 is 4.74 Å². The van der Waals surface area contributed by atoms with Crippen LogP contribution in [0.3, 0.4) is 0 Å². The molecule has 0 heterocycles. The molecule has 9 heteroatoms. The Bertz CT molecular complexity index is 456. The van der Waals surface area contributed by atoms with Crippen LogP contribution in [-0.2, 0) is 5.88 Å². The number of alkyl halides is 4. The molecular weight excluding hydrogens is 307 g/mol. The highest BCUT2D eigenvalue weighted by molar-refractivity contribution is 8.00. The normalized spacial score (nSPS) is 11.4. The van der Waals surface area contributed by atoms with Crippen molar-refractivity contribution in [2.45, 2.75) is 11.4 Å². The second-order valence-electron chi connectivity index (χ2n) is 3.34. The Labute approximate surface area is 116 Å². The van der Waals surface area contributed by atoms with Crippen LogP contribution in [0.5, 0.6) is 5.75 Å². The molecule has 1 aromatic carbocycles. The number of thioether (sulfide) groups is 1. The summed E-state index contributed by atoms with van der Waals surface area (Å²) in [6.45, 7) is -0.273. The van der Waals surface area contributed by atoms with E-state index in [0.29, 0.717) is 5.56 Å². The first-order valence-electron chi connectivity index (χ1n) is 5.00. The summed E-state index contributed by atoms with van der Waals surface area (Å²) in [4.78, 5) is 10.1. The van der Waals surface area contributed by atoms with Crippen LogP contribution in [0.15, 0.2) is 18.2 Å². The van der Waals surface area contributed by atoms with E-state index in [1.165, 1.54) is 18.2 Å². The van der Waals surface area contributed by atoms with Crippen molar-refractivity contribution in [3.05, 3.63) is 33.9 Å². The third-order valence-corrected chi connectivity index (χ3v) is 2.99. The van der Waals surface area contributed by atoms with Crippen LogP contribution in [-0.4, -0.2) is 22.8 Å². The van der Waals surface area contributed by atoms with Gasteiger partial charge in [0.15, 0.2) is 5.75 Å². The lowest BCUT2D eigenvalue weighted by molar-refractivity contribution is -0.385. The van der Waals surface area contributed by atoms with Gasteiger partial charge >= 0.3 is 11.2 Å². The van der Waals surface area contributed by atoms with Crippen LogP contribution >= 0.6 is 23.4 Å². The molecule has 0 radical (unpaired) electrons. The van der Waals surface area contributed by atoms with Gasteiger partial charge in [-0.25, -0.2) is 0 Å². The first-order valence-corrected chi connectivity index (χ1v) is 6.52. The molecule has 1 aromatic rings. The molecule has 0 aliphatic carbocycles. The summed E-state index contributed by atoms with van der Waals surface area (Å²) in [5.74, 6) is -0.301. The smallest absolute Gasteiger partial charge is 0.441 e. The molecule has 0 spiro atoms. The average Bonchev–Trinajstić information content (AvgIpc) is 2.33. The molecule has 0 aromatic heterocycles. The average molecular weight is 316 g/mol. The van der Waals surface area contributed by atoms with Crippen LogP contribution in [0.1, 0.15) is 5.56 Å². The predicted octanol–water partition coefficient (Wildman–Crippen LogP) is 3.97. The maximum Gasteiger partial charge on any atom is 0.441 e. The van der Waals surface area contributed by atoms with Crippen molar-refractivity contribution in [1.29, 1.82) is 0 Å². The summed E-state index contributed by atoms with van der Waals surface area (Å²) in [6, 6.07) is 4.08. The van der Waals surface area contributed by atoms with Crippen molar-refractivity contribution in [2.24, 2.45) is 0 Å². The molecule has 0 saturated heterocycles. The van der Waals surface area contributed by atoms with E-state index in [9.17, 15) is 23.3 Å². The highest BCUT2D eigenvalue weighted by Crippen LogP contribution is 2.31. The van der Waals surface area contributed by atoms with E-state index in [2.05, 4.69) is 0 Å². The summed E-state index contributed by atoms with van der Waals surface area (Å²) >= 11 is 5.30. The quantitative estimate of drug-likeness (QED) is 0.345. The van der Waals surface area contributed by atoms with Gasteiger partial charge in [0.1, 0.15) is 0 Å². The van der Waals surface area contributed by atoms with E-state index in [0.717, 1.165) is 0 Å². The molecule has 0 atom stereocenters. The molecule has 0 N–H and O–H groups in total. The maximum absolute atomic E-state index is 11.9. The van der Waals surface area contributed by atoms with E-state index in [1.54, 1.807) is 0 Å². The van der Waals surface area contributed by atoms with Crippen LogP contribution in [0.2, 0.25) is 0 Å². The van der Waals surface area contributed by atoms with E-state index in [4.69, 9.17) is 16.3 Å². The molecule has 4 nitrogen and oxygen atoms in total. The van der Waals surface area contributed by atoms with E-state index in [-0.39, 0.29) is 41.4 Å². The van der Waals surface area contributed by atoms with Crippen molar-refractivity contribution in [1.82, 2.24) is 0 Å². The number of benzene rings is 1. The summed E-state index contributed by atoms with van der Waals surface area (Å²) < 4.78 is 40.6. The van der Waals surface area contributed by atoms with Gasteiger partial charge in [-0.2, -0.15) is 13.2 Å². The Morgan fingerprint density at radius 1 is 1.42 bits per heavy atom. The highest BCUT2D eigenvalue weighted by Gasteiger charge is 2.27. The molecule has 0 amide bonds. The Morgan fingerprint density at radius 2 is 2.11 bits per heavy atom. The van der Waals surface area contributed by atoms with Gasteiger partial charge in [-0.15, -0.1) is 11.6 Å². The van der Waals surface area contributed by atoms with Crippen molar-refractivity contribution >= 4 is 29.1 Å². The Kier molecular flexibility index (Phi) is 5.74. The minimum Gasteiger partial charge on any atom is -0.486 e. The topological polar surface area (TPSA) is 52.4 Å². The van der Waals surface area contributed by atoms with E-state index < -0.39 is 10.4 Å². The zero-order chi connectivity index (χ0) is 14.5. The number of hydrogen-bond donors (Lipinski definition) is 0. The number of nitro benzene ring substituents is 1. The van der Waals surface area contributed by atoms with Gasteiger partial charge in [0, 0.05) is 17.7 Å². The SMILES string of the molecule is O=[N+]([O-])c1cc(CCl)ccc1OCCSC(F)(F)F. The number of nitrogens with zero attached hydrogens (tertiary/aromatic N) is 1. The third kappa shape index (κ3) is 5.56. The molecule has 0 unspecified atom stereocenters. The van der Waals surface area contributed by atoms with Crippen LogP contribution in [0.4, 0.5) is 18.9 Å². The fourth-order valence-corrected chi connectivity index (χ4v) is 1.78. The first-order chi connectivity index (χ1) is 8.83. The fourth-order valence-electron chi connectivity index (χ4n) is 1.22. The molecule has 106 valence electrons. The zero-order valence-corrected chi connectivity index (χ0v) is 11.0. The maximum atomic E-state index is 11.9. The number of ether oxygens (including phenoxy) is 1. The van der Waals surface area contributed by atoms with Crippen molar-refractivity contribution in [2.75, 3.05) is 12.4 Å². The van der Waals surface area contributed by atoms with Gasteiger partial charge in [0.2, 0.25) is 0 Å². The Morgan fingerprint density at radius 3 is 2.63 bits per heavy atom. The van der Waals surface area contributed by atoms with Gasteiger partial charge < -0.3 is 4.74 Å². The Balaban J connectivity index is 2.65. The molecule has 0 aliphatic heterocycles. The van der Waals surface area contributed by atoms with Crippen molar-refractivity contribution in [3.63, 3.8) is 0 Å². The molecule has 0 saturated carbocycles. The van der Waals surface area contributed by atoms with E-state index >= 15 is 0 Å². The fraction of sp³-hybridized carbons (Fsp3) is 0.400. The minimum atomic E-state index is -4.34. The summed E-state index contributed by atoms with van der Waals surface area (Å²) in [5, 5.41) is 10.8. The third-order valence-electron chi connectivity index (χ3n) is 1.98. The van der Waals surface area contributed by atoms with Crippen LogP contribution in [0, 0.1) is 10.1 Å². The minimum absolute atomic E-state index is 0.0679. The lowest BCUT2D eigenvalue weighted by atomic mass is 10.2.